The van der Waals surface area contributed by atoms with Crippen molar-refractivity contribution in [1.82, 2.24) is 19.4 Å². The number of aldehydes is 1. The molecule has 2 heterocycles. The number of alkyl carbamates (subject to hydrolysis) is 1. The molecule has 1 amide bonds. The molecule has 2 aromatic carbocycles. The molecule has 2 aliphatic rings. The minimum absolute atomic E-state index is 0.133. The molecule has 8 nitrogen and oxygen atoms in total. The first-order chi connectivity index (χ1) is 19.6. The SMILES string of the molecule is O=C[C@H]1CN(CC2CCCCCCC2)CC[C@@H]1n1c(=O)n(CCNC(=O)OCc2ccccc2)c2ccccc21. The topological polar surface area (TPSA) is 85.6 Å². The molecular formula is C32H42N4O4. The Balaban J connectivity index is 1.24. The van der Waals surface area contributed by atoms with Crippen LogP contribution in [0.1, 0.15) is 63.0 Å². The van der Waals surface area contributed by atoms with Crippen LogP contribution in [0.3, 0.4) is 0 Å². The quantitative estimate of drug-likeness (QED) is 0.375. The summed E-state index contributed by atoms with van der Waals surface area (Å²) in [6.07, 6.45) is 10.5. The van der Waals surface area contributed by atoms with Crippen molar-refractivity contribution in [2.75, 3.05) is 26.2 Å². The van der Waals surface area contributed by atoms with E-state index in [1.54, 1.807) is 4.57 Å². The maximum atomic E-state index is 13.8. The first kappa shape index (κ1) is 28.1. The smallest absolute Gasteiger partial charge is 0.407 e. The zero-order valence-corrected chi connectivity index (χ0v) is 23.4. The van der Waals surface area contributed by atoms with Crippen LogP contribution in [0.25, 0.3) is 11.0 Å². The molecule has 40 heavy (non-hydrogen) atoms. The van der Waals surface area contributed by atoms with Crippen molar-refractivity contribution in [2.24, 2.45) is 11.8 Å². The van der Waals surface area contributed by atoms with Gasteiger partial charge in [-0.15, -0.1) is 0 Å². The number of carbonyl (C=O) groups is 2. The lowest BCUT2D eigenvalue weighted by Crippen LogP contribution is -2.46. The number of para-hydroxylation sites is 2. The van der Waals surface area contributed by atoms with Crippen LogP contribution in [0, 0.1) is 11.8 Å². The van der Waals surface area contributed by atoms with Crippen molar-refractivity contribution < 1.29 is 14.3 Å². The first-order valence-electron chi connectivity index (χ1n) is 15.0. The molecule has 2 fully saturated rings. The van der Waals surface area contributed by atoms with Gasteiger partial charge in [0, 0.05) is 38.6 Å². The highest BCUT2D eigenvalue weighted by molar-refractivity contribution is 5.76. The van der Waals surface area contributed by atoms with Gasteiger partial charge in [-0.05, 0) is 42.9 Å². The minimum Gasteiger partial charge on any atom is -0.445 e. The van der Waals surface area contributed by atoms with E-state index in [0.717, 1.165) is 42.4 Å². The molecule has 0 unspecified atom stereocenters. The molecule has 1 saturated carbocycles. The van der Waals surface area contributed by atoms with Crippen molar-refractivity contribution in [3.05, 3.63) is 70.6 Å². The Morgan fingerprint density at radius 3 is 2.38 bits per heavy atom. The van der Waals surface area contributed by atoms with E-state index in [4.69, 9.17) is 4.74 Å². The lowest BCUT2D eigenvalue weighted by molar-refractivity contribution is -0.114. The van der Waals surface area contributed by atoms with Gasteiger partial charge in [0.2, 0.25) is 0 Å². The van der Waals surface area contributed by atoms with E-state index in [2.05, 4.69) is 10.2 Å². The summed E-state index contributed by atoms with van der Waals surface area (Å²) in [6, 6.07) is 17.1. The van der Waals surface area contributed by atoms with E-state index < -0.39 is 6.09 Å². The summed E-state index contributed by atoms with van der Waals surface area (Å²) in [4.78, 5) is 40.8. The molecule has 2 atom stereocenters. The highest BCUT2D eigenvalue weighted by Crippen LogP contribution is 2.31. The molecule has 0 spiro atoms. The van der Waals surface area contributed by atoms with Gasteiger partial charge >= 0.3 is 11.8 Å². The van der Waals surface area contributed by atoms with Crippen LogP contribution in [-0.4, -0.2) is 52.6 Å². The van der Waals surface area contributed by atoms with Gasteiger partial charge < -0.3 is 19.7 Å². The van der Waals surface area contributed by atoms with Gasteiger partial charge in [0.15, 0.2) is 0 Å². The summed E-state index contributed by atoms with van der Waals surface area (Å²) in [5, 5.41) is 2.76. The number of hydrogen-bond acceptors (Lipinski definition) is 5. The normalized spacial score (nSPS) is 21.0. The van der Waals surface area contributed by atoms with Crippen LogP contribution >= 0.6 is 0 Å². The van der Waals surface area contributed by atoms with E-state index in [-0.39, 0.29) is 30.8 Å². The number of aromatic nitrogens is 2. The number of rotatable bonds is 9. The Morgan fingerprint density at radius 1 is 0.925 bits per heavy atom. The number of fused-ring (bicyclic) bond motifs is 1. The van der Waals surface area contributed by atoms with Crippen molar-refractivity contribution in [3.63, 3.8) is 0 Å². The molecule has 1 saturated heterocycles. The van der Waals surface area contributed by atoms with Crippen molar-refractivity contribution in [1.29, 1.82) is 0 Å². The molecule has 1 N–H and O–H groups in total. The molecule has 1 aromatic heterocycles. The summed E-state index contributed by atoms with van der Waals surface area (Å²) in [6.45, 7) is 3.42. The molecule has 214 valence electrons. The molecule has 0 radical (unpaired) electrons. The molecule has 8 heteroatoms. The van der Waals surface area contributed by atoms with E-state index in [0.29, 0.717) is 19.0 Å². The summed E-state index contributed by atoms with van der Waals surface area (Å²) >= 11 is 0. The van der Waals surface area contributed by atoms with Crippen LogP contribution in [-0.2, 0) is 22.7 Å². The van der Waals surface area contributed by atoms with E-state index in [1.807, 2.05) is 59.2 Å². The monoisotopic (exact) mass is 546 g/mol. The Labute approximate surface area is 236 Å². The maximum Gasteiger partial charge on any atom is 0.407 e. The fraction of sp³-hybridized carbons (Fsp3) is 0.531. The Kier molecular flexibility index (Phi) is 9.71. The highest BCUT2D eigenvalue weighted by atomic mass is 16.5. The number of piperidine rings is 1. The number of hydrogen-bond donors (Lipinski definition) is 1. The third kappa shape index (κ3) is 6.84. The minimum atomic E-state index is -0.515. The second-order valence-corrected chi connectivity index (χ2v) is 11.4. The van der Waals surface area contributed by atoms with Crippen molar-refractivity contribution >= 4 is 23.4 Å². The van der Waals surface area contributed by atoms with Gasteiger partial charge in [0.1, 0.15) is 12.9 Å². The summed E-state index contributed by atoms with van der Waals surface area (Å²) < 4.78 is 8.84. The second kappa shape index (κ2) is 13.8. The van der Waals surface area contributed by atoms with Crippen molar-refractivity contribution in [3.8, 4) is 0 Å². The average Bonchev–Trinajstić information content (AvgIpc) is 3.24. The fourth-order valence-corrected chi connectivity index (χ4v) is 6.56. The molecule has 1 aliphatic carbocycles. The number of nitrogens with zero attached hydrogens (tertiary/aromatic N) is 3. The molecule has 1 aliphatic heterocycles. The van der Waals surface area contributed by atoms with Crippen LogP contribution in [0.2, 0.25) is 0 Å². The Bertz CT molecular complexity index is 1310. The van der Waals surface area contributed by atoms with Crippen LogP contribution in [0.5, 0.6) is 0 Å². The lowest BCUT2D eigenvalue weighted by Gasteiger charge is -2.38. The molecule has 3 aromatic rings. The van der Waals surface area contributed by atoms with Gasteiger partial charge in [-0.25, -0.2) is 9.59 Å². The van der Waals surface area contributed by atoms with Gasteiger partial charge in [-0.3, -0.25) is 9.13 Å². The Hall–Kier alpha value is -3.39. The Morgan fingerprint density at radius 2 is 1.62 bits per heavy atom. The largest absolute Gasteiger partial charge is 0.445 e. The van der Waals surface area contributed by atoms with Crippen molar-refractivity contribution in [2.45, 2.75) is 70.6 Å². The number of likely N-dealkylation sites (tertiary alicyclic amines) is 1. The van der Waals surface area contributed by atoms with Gasteiger partial charge in [-0.1, -0.05) is 74.6 Å². The number of carbonyl (C=O) groups excluding carboxylic acids is 2. The van der Waals surface area contributed by atoms with E-state index >= 15 is 0 Å². The van der Waals surface area contributed by atoms with E-state index in [9.17, 15) is 14.4 Å². The number of imidazole rings is 1. The van der Waals surface area contributed by atoms with Crippen LogP contribution < -0.4 is 11.0 Å². The summed E-state index contributed by atoms with van der Waals surface area (Å²) in [5.74, 6) is 0.478. The molecular weight excluding hydrogens is 504 g/mol. The number of ether oxygens (including phenoxy) is 1. The zero-order chi connectivity index (χ0) is 27.7. The summed E-state index contributed by atoms with van der Waals surface area (Å²) in [5.41, 5.74) is 2.43. The molecule has 5 rings (SSSR count). The standard InChI is InChI=1S/C32H42N4O4/c37-23-27-22-34(21-25-11-5-2-1-3-6-12-25)19-17-28(27)36-30-16-10-9-15-29(30)35(32(36)39)20-18-33-31(38)40-24-26-13-7-4-8-14-26/h4,7-10,13-16,23,25,27-28H,1-3,5-6,11-12,17-22,24H2,(H,33,38)/t27-,28+/m1/s1. The van der Waals surface area contributed by atoms with Gasteiger partial charge in [0.25, 0.3) is 0 Å². The fourth-order valence-electron chi connectivity index (χ4n) is 6.56. The van der Waals surface area contributed by atoms with Gasteiger partial charge in [-0.2, -0.15) is 0 Å². The third-order valence-electron chi connectivity index (χ3n) is 8.64. The van der Waals surface area contributed by atoms with Crippen LogP contribution in [0.4, 0.5) is 4.79 Å². The third-order valence-corrected chi connectivity index (χ3v) is 8.64. The first-order valence-corrected chi connectivity index (χ1v) is 15.0. The maximum absolute atomic E-state index is 13.8. The predicted octanol–water partition coefficient (Wildman–Crippen LogP) is 5.15. The lowest BCUT2D eigenvalue weighted by atomic mass is 9.88. The average molecular weight is 547 g/mol. The van der Waals surface area contributed by atoms with Gasteiger partial charge in [0.05, 0.1) is 17.1 Å². The van der Waals surface area contributed by atoms with Crippen LogP contribution in [0.15, 0.2) is 59.4 Å². The predicted molar refractivity (Wildman–Crippen MR) is 156 cm³/mol. The summed E-state index contributed by atoms with van der Waals surface area (Å²) in [7, 11) is 0. The number of nitrogens with one attached hydrogen (secondary N) is 1. The second-order valence-electron chi connectivity index (χ2n) is 11.4. The van der Waals surface area contributed by atoms with E-state index in [1.165, 1.54) is 44.9 Å². The number of benzene rings is 2. The number of amides is 1. The zero-order valence-electron chi connectivity index (χ0n) is 23.4. The molecule has 0 bridgehead atoms. The highest BCUT2D eigenvalue weighted by Gasteiger charge is 2.33.